The molecule has 0 bridgehead atoms. The highest BCUT2D eigenvalue weighted by Gasteiger charge is 2.40. The first-order valence-electron chi connectivity index (χ1n) is 8.07. The number of benzene rings is 1. The third-order valence-electron chi connectivity index (χ3n) is 4.29. The molecule has 24 heavy (non-hydrogen) atoms. The summed E-state index contributed by atoms with van der Waals surface area (Å²) >= 11 is 0. The van der Waals surface area contributed by atoms with Gasteiger partial charge in [0.15, 0.2) is 0 Å². The molecule has 2 fully saturated rings. The molecule has 1 amide bonds. The minimum atomic E-state index is -3.68. The number of hydrogen-bond donors (Lipinski definition) is 2. The summed E-state index contributed by atoms with van der Waals surface area (Å²) in [5.74, 6) is -1.41. The second-order valence-corrected chi connectivity index (χ2v) is 8.12. The molecule has 3 atom stereocenters. The van der Waals surface area contributed by atoms with E-state index < -0.39 is 21.7 Å². The number of hydrogen-bond acceptors (Lipinski definition) is 4. The Morgan fingerprint density at radius 2 is 2.21 bits per heavy atom. The first-order valence-corrected chi connectivity index (χ1v) is 9.72. The normalized spacial score (nSPS) is 26.3. The molecule has 2 aliphatic rings. The van der Waals surface area contributed by atoms with Gasteiger partial charge in [0.25, 0.3) is 0 Å². The monoisotopic (exact) mass is 356 g/mol. The maximum absolute atomic E-state index is 13.2. The van der Waals surface area contributed by atoms with Crippen LogP contribution < -0.4 is 10.0 Å². The van der Waals surface area contributed by atoms with E-state index in [1.165, 1.54) is 12.1 Å². The van der Waals surface area contributed by atoms with Crippen LogP contribution in [-0.2, 0) is 19.6 Å². The predicted molar refractivity (Wildman–Crippen MR) is 86.5 cm³/mol. The summed E-state index contributed by atoms with van der Waals surface area (Å²) in [6, 6.07) is 6.11. The van der Waals surface area contributed by atoms with Gasteiger partial charge in [-0.25, -0.2) is 17.5 Å². The van der Waals surface area contributed by atoms with Gasteiger partial charge in [-0.15, -0.1) is 0 Å². The fraction of sp³-hybridized carbons (Fsp3) is 0.562. The lowest BCUT2D eigenvalue weighted by Crippen LogP contribution is -2.40. The Morgan fingerprint density at radius 3 is 2.92 bits per heavy atom. The lowest BCUT2D eigenvalue weighted by Gasteiger charge is -2.11. The number of carbonyl (C=O) groups excluding carboxylic acids is 1. The van der Waals surface area contributed by atoms with Crippen LogP contribution in [0.5, 0.6) is 0 Å². The summed E-state index contributed by atoms with van der Waals surface area (Å²) < 4.78 is 44.8. The van der Waals surface area contributed by atoms with Crippen LogP contribution in [0, 0.1) is 5.82 Å². The lowest BCUT2D eigenvalue weighted by molar-refractivity contribution is -0.118. The summed E-state index contributed by atoms with van der Waals surface area (Å²) in [4.78, 5) is 11.9. The molecule has 1 saturated carbocycles. The van der Waals surface area contributed by atoms with Crippen molar-refractivity contribution in [1.29, 1.82) is 0 Å². The molecule has 1 aromatic carbocycles. The molecule has 1 aliphatic carbocycles. The fourth-order valence-electron chi connectivity index (χ4n) is 2.96. The van der Waals surface area contributed by atoms with E-state index in [0.717, 1.165) is 18.4 Å². The van der Waals surface area contributed by atoms with E-state index in [2.05, 4.69) is 10.0 Å². The minimum Gasteiger partial charge on any atom is -0.377 e. The van der Waals surface area contributed by atoms with Crippen molar-refractivity contribution in [2.45, 2.75) is 37.3 Å². The highest BCUT2D eigenvalue weighted by atomic mass is 32.2. The van der Waals surface area contributed by atoms with E-state index in [9.17, 15) is 17.6 Å². The van der Waals surface area contributed by atoms with E-state index in [1.807, 2.05) is 0 Å². The van der Waals surface area contributed by atoms with E-state index in [1.54, 1.807) is 12.1 Å². The fourth-order valence-corrected chi connectivity index (χ4v) is 3.93. The standard InChI is InChI=1S/C16H21FN2O4S/c17-12-4-1-3-11(7-12)14-8-15(14)19-16(20)10-24(21,22)18-9-13-5-2-6-23-13/h1,3-4,7,13-15,18H,2,5-6,8-10H2,(H,19,20). The molecule has 1 aliphatic heterocycles. The van der Waals surface area contributed by atoms with Crippen molar-refractivity contribution in [1.82, 2.24) is 10.0 Å². The molecule has 0 radical (unpaired) electrons. The molecular weight excluding hydrogens is 335 g/mol. The molecule has 1 aromatic rings. The van der Waals surface area contributed by atoms with E-state index >= 15 is 0 Å². The Hall–Kier alpha value is -1.51. The molecule has 6 nitrogen and oxygen atoms in total. The molecule has 1 heterocycles. The van der Waals surface area contributed by atoms with Gasteiger partial charge >= 0.3 is 0 Å². The van der Waals surface area contributed by atoms with Gasteiger partial charge in [-0.3, -0.25) is 4.79 Å². The molecule has 3 rings (SSSR count). The van der Waals surface area contributed by atoms with Crippen LogP contribution in [0.2, 0.25) is 0 Å². The molecule has 0 aromatic heterocycles. The van der Waals surface area contributed by atoms with Gasteiger partial charge in [0.1, 0.15) is 11.6 Å². The summed E-state index contributed by atoms with van der Waals surface area (Å²) in [6.07, 6.45) is 2.34. The molecule has 8 heteroatoms. The van der Waals surface area contributed by atoms with Crippen LogP contribution >= 0.6 is 0 Å². The summed E-state index contributed by atoms with van der Waals surface area (Å²) in [5, 5.41) is 2.69. The quantitative estimate of drug-likeness (QED) is 0.760. The van der Waals surface area contributed by atoms with Crippen LogP contribution in [0.1, 0.15) is 30.7 Å². The van der Waals surface area contributed by atoms with Gasteiger partial charge in [0, 0.05) is 25.1 Å². The van der Waals surface area contributed by atoms with E-state index in [-0.39, 0.29) is 30.4 Å². The zero-order chi connectivity index (χ0) is 17.2. The third-order valence-corrected chi connectivity index (χ3v) is 5.54. The number of rotatable bonds is 7. The Bertz CT molecular complexity index is 704. The Balaban J connectivity index is 1.44. The molecule has 0 spiro atoms. The number of amides is 1. The maximum Gasteiger partial charge on any atom is 0.236 e. The highest BCUT2D eigenvalue weighted by molar-refractivity contribution is 7.90. The van der Waals surface area contributed by atoms with Crippen molar-refractivity contribution in [3.8, 4) is 0 Å². The van der Waals surface area contributed by atoms with Crippen LogP contribution in [0.15, 0.2) is 24.3 Å². The van der Waals surface area contributed by atoms with Gasteiger partial charge in [0.2, 0.25) is 15.9 Å². The van der Waals surface area contributed by atoms with Crippen molar-refractivity contribution in [3.63, 3.8) is 0 Å². The van der Waals surface area contributed by atoms with Crippen LogP contribution in [0.4, 0.5) is 4.39 Å². The smallest absolute Gasteiger partial charge is 0.236 e. The van der Waals surface area contributed by atoms with Crippen LogP contribution in [0.25, 0.3) is 0 Å². The number of carbonyl (C=O) groups is 1. The van der Waals surface area contributed by atoms with E-state index in [4.69, 9.17) is 4.74 Å². The van der Waals surface area contributed by atoms with Gasteiger partial charge in [-0.05, 0) is 37.0 Å². The number of halogens is 1. The maximum atomic E-state index is 13.2. The topological polar surface area (TPSA) is 84.5 Å². The third kappa shape index (κ3) is 4.75. The van der Waals surface area contributed by atoms with Crippen molar-refractivity contribution in [2.24, 2.45) is 0 Å². The number of nitrogens with one attached hydrogen (secondary N) is 2. The van der Waals surface area contributed by atoms with Crippen molar-refractivity contribution in [2.75, 3.05) is 18.9 Å². The zero-order valence-corrected chi connectivity index (χ0v) is 14.0. The second-order valence-electron chi connectivity index (χ2n) is 6.31. The largest absolute Gasteiger partial charge is 0.377 e. The first kappa shape index (κ1) is 17.3. The molecule has 1 saturated heterocycles. The van der Waals surface area contributed by atoms with Crippen LogP contribution in [0.3, 0.4) is 0 Å². The number of ether oxygens (including phenoxy) is 1. The Labute approximate surface area is 140 Å². The predicted octanol–water partition coefficient (Wildman–Crippen LogP) is 0.896. The highest BCUT2D eigenvalue weighted by Crippen LogP contribution is 2.40. The molecular formula is C16H21FN2O4S. The Kier molecular flexibility index (Phi) is 5.17. The van der Waals surface area contributed by atoms with Gasteiger partial charge in [0.05, 0.1) is 6.10 Å². The zero-order valence-electron chi connectivity index (χ0n) is 13.2. The van der Waals surface area contributed by atoms with Crippen LogP contribution in [-0.4, -0.2) is 45.4 Å². The molecule has 2 N–H and O–H groups in total. The second kappa shape index (κ2) is 7.16. The summed E-state index contributed by atoms with van der Waals surface area (Å²) in [6.45, 7) is 0.848. The minimum absolute atomic E-state index is 0.0483. The van der Waals surface area contributed by atoms with Crippen molar-refractivity contribution < 1.29 is 22.3 Å². The van der Waals surface area contributed by atoms with Crippen molar-refractivity contribution >= 4 is 15.9 Å². The summed E-state index contributed by atoms with van der Waals surface area (Å²) in [5.41, 5.74) is 0.819. The molecule has 3 unspecified atom stereocenters. The summed E-state index contributed by atoms with van der Waals surface area (Å²) in [7, 11) is -3.68. The average molecular weight is 356 g/mol. The van der Waals surface area contributed by atoms with E-state index in [0.29, 0.717) is 13.0 Å². The first-order chi connectivity index (χ1) is 11.4. The number of sulfonamides is 1. The average Bonchev–Trinajstić information content (AvgIpc) is 3.07. The lowest BCUT2D eigenvalue weighted by atomic mass is 10.1. The van der Waals surface area contributed by atoms with Gasteiger partial charge in [-0.2, -0.15) is 0 Å². The van der Waals surface area contributed by atoms with Gasteiger partial charge in [-0.1, -0.05) is 12.1 Å². The SMILES string of the molecule is O=C(CS(=O)(=O)NCC1CCCO1)NC1CC1c1cccc(F)c1. The molecule has 132 valence electrons. The van der Waals surface area contributed by atoms with Crippen molar-refractivity contribution in [3.05, 3.63) is 35.6 Å². The Morgan fingerprint density at radius 1 is 1.38 bits per heavy atom. The van der Waals surface area contributed by atoms with Gasteiger partial charge < -0.3 is 10.1 Å².